The molecule has 8 nitrogen and oxygen atoms in total. The molecule has 3 amide bonds. The van der Waals surface area contributed by atoms with Gasteiger partial charge in [0.15, 0.2) is 17.2 Å². The van der Waals surface area contributed by atoms with Crippen molar-refractivity contribution in [1.29, 1.82) is 0 Å². The van der Waals surface area contributed by atoms with Gasteiger partial charge in [-0.1, -0.05) is 30.3 Å². The molecule has 3 aromatic carbocycles. The molecule has 6 rings (SSSR count). The summed E-state index contributed by atoms with van der Waals surface area (Å²) in [6, 6.07) is 18.9. The van der Waals surface area contributed by atoms with Crippen LogP contribution in [0, 0.1) is 5.82 Å². The number of benzene rings is 3. The Hall–Kier alpha value is -4.27. The molecule has 3 aromatic rings. The van der Waals surface area contributed by atoms with Gasteiger partial charge in [-0.25, -0.2) is 9.18 Å². The number of urea groups is 1. The molecule has 3 aliphatic heterocycles. The van der Waals surface area contributed by atoms with Crippen molar-refractivity contribution in [2.24, 2.45) is 0 Å². The standard InChI is InChI=1S/C29H29FN4O4/c1-29-18-23(21-9-6-12-25(37-2)26(21)38-29)31-28(36)34(29)20-8-5-7-19(17-20)27(35)33-15-13-32(14-16-33)24-11-4-3-10-22(24)30/h3-12,17,23H,13-16,18H2,1-2H3,(H,31,36). The van der Waals surface area contributed by atoms with Crippen LogP contribution in [0.3, 0.4) is 0 Å². The zero-order chi connectivity index (χ0) is 26.4. The van der Waals surface area contributed by atoms with Gasteiger partial charge in [-0.3, -0.25) is 9.69 Å². The monoisotopic (exact) mass is 516 g/mol. The van der Waals surface area contributed by atoms with E-state index in [9.17, 15) is 14.0 Å². The number of carbonyl (C=O) groups excluding carboxylic acids is 2. The maximum absolute atomic E-state index is 14.2. The maximum atomic E-state index is 14.2. The van der Waals surface area contributed by atoms with E-state index >= 15 is 0 Å². The van der Waals surface area contributed by atoms with Gasteiger partial charge >= 0.3 is 6.03 Å². The molecule has 0 aliphatic carbocycles. The van der Waals surface area contributed by atoms with Gasteiger partial charge in [-0.2, -0.15) is 0 Å². The minimum absolute atomic E-state index is 0.128. The first-order chi connectivity index (χ1) is 18.4. The number of piperazine rings is 1. The number of hydrogen-bond acceptors (Lipinski definition) is 5. The fourth-order valence-electron chi connectivity index (χ4n) is 5.73. The number of rotatable bonds is 4. The average Bonchev–Trinajstić information content (AvgIpc) is 2.92. The van der Waals surface area contributed by atoms with Crippen LogP contribution in [0.5, 0.6) is 11.5 Å². The lowest BCUT2D eigenvalue weighted by Crippen LogP contribution is -2.65. The van der Waals surface area contributed by atoms with Crippen LogP contribution in [0.2, 0.25) is 0 Å². The van der Waals surface area contributed by atoms with Crippen LogP contribution in [0.15, 0.2) is 66.7 Å². The highest BCUT2D eigenvalue weighted by atomic mass is 19.1. The van der Waals surface area contributed by atoms with Crippen molar-refractivity contribution in [3.63, 3.8) is 0 Å². The summed E-state index contributed by atoms with van der Waals surface area (Å²) in [5.41, 5.74) is 1.51. The van der Waals surface area contributed by atoms with Crippen LogP contribution < -0.4 is 24.6 Å². The zero-order valence-corrected chi connectivity index (χ0v) is 21.3. The molecule has 9 heteroatoms. The number of anilines is 2. The second-order valence-electron chi connectivity index (χ2n) is 9.98. The number of halogens is 1. The molecule has 0 saturated carbocycles. The van der Waals surface area contributed by atoms with Gasteiger partial charge in [0, 0.05) is 43.7 Å². The number of ether oxygens (including phenoxy) is 2. The van der Waals surface area contributed by atoms with E-state index in [1.54, 1.807) is 53.3 Å². The molecular formula is C29H29FN4O4. The second-order valence-corrected chi connectivity index (χ2v) is 9.98. The zero-order valence-electron chi connectivity index (χ0n) is 21.3. The van der Waals surface area contributed by atoms with Gasteiger partial charge in [0.05, 0.1) is 24.5 Å². The predicted octanol–water partition coefficient (Wildman–Crippen LogP) is 4.57. The molecule has 196 valence electrons. The Kier molecular flexibility index (Phi) is 5.86. The first-order valence-electron chi connectivity index (χ1n) is 12.7. The van der Waals surface area contributed by atoms with Gasteiger partial charge in [-0.05, 0) is 43.3 Å². The summed E-state index contributed by atoms with van der Waals surface area (Å²) in [7, 11) is 1.59. The molecule has 2 fully saturated rings. The van der Waals surface area contributed by atoms with Gasteiger partial charge in [-0.15, -0.1) is 0 Å². The normalized spacial score (nSPS) is 22.3. The number of para-hydroxylation sites is 2. The third-order valence-corrected chi connectivity index (χ3v) is 7.59. The highest BCUT2D eigenvalue weighted by Crippen LogP contribution is 2.49. The van der Waals surface area contributed by atoms with E-state index in [0.29, 0.717) is 61.0 Å². The maximum Gasteiger partial charge on any atom is 0.325 e. The third-order valence-electron chi connectivity index (χ3n) is 7.59. The van der Waals surface area contributed by atoms with E-state index in [-0.39, 0.29) is 23.8 Å². The van der Waals surface area contributed by atoms with E-state index < -0.39 is 5.72 Å². The number of carbonyl (C=O) groups is 2. The molecule has 2 unspecified atom stereocenters. The number of nitrogens with zero attached hydrogens (tertiary/aromatic N) is 3. The van der Waals surface area contributed by atoms with Crippen LogP contribution >= 0.6 is 0 Å². The molecule has 0 radical (unpaired) electrons. The number of amides is 3. The Bertz CT molecular complexity index is 1410. The van der Waals surface area contributed by atoms with Crippen LogP contribution in [0.25, 0.3) is 0 Å². The smallest absolute Gasteiger partial charge is 0.325 e. The largest absolute Gasteiger partial charge is 0.493 e. The quantitative estimate of drug-likeness (QED) is 0.550. The second kappa shape index (κ2) is 9.24. The highest BCUT2D eigenvalue weighted by molar-refractivity contribution is 5.99. The highest BCUT2D eigenvalue weighted by Gasteiger charge is 2.50. The van der Waals surface area contributed by atoms with Crippen LogP contribution in [-0.4, -0.2) is 55.9 Å². The first-order valence-corrected chi connectivity index (χ1v) is 12.7. The summed E-state index contributed by atoms with van der Waals surface area (Å²) in [6.45, 7) is 3.90. The number of methoxy groups -OCH3 is 1. The van der Waals surface area contributed by atoms with E-state index in [1.165, 1.54) is 6.07 Å². The first kappa shape index (κ1) is 24.1. The van der Waals surface area contributed by atoms with E-state index in [0.717, 1.165) is 5.56 Å². The van der Waals surface area contributed by atoms with Gasteiger partial charge in [0.25, 0.3) is 5.91 Å². The van der Waals surface area contributed by atoms with E-state index in [4.69, 9.17) is 9.47 Å². The number of fused-ring (bicyclic) bond motifs is 4. The van der Waals surface area contributed by atoms with Crippen molar-refractivity contribution in [3.8, 4) is 11.5 Å². The summed E-state index contributed by atoms with van der Waals surface area (Å²) in [5.74, 6) is 0.824. The van der Waals surface area contributed by atoms with Crippen molar-refractivity contribution in [2.45, 2.75) is 25.1 Å². The van der Waals surface area contributed by atoms with Crippen molar-refractivity contribution in [2.75, 3.05) is 43.1 Å². The Labute approximate surface area is 220 Å². The average molecular weight is 517 g/mol. The lowest BCUT2D eigenvalue weighted by atomic mass is 9.89. The number of nitrogens with one attached hydrogen (secondary N) is 1. The minimum Gasteiger partial charge on any atom is -0.493 e. The molecular weight excluding hydrogens is 487 g/mol. The lowest BCUT2D eigenvalue weighted by molar-refractivity contribution is 0.0349. The summed E-state index contributed by atoms with van der Waals surface area (Å²) >= 11 is 0. The van der Waals surface area contributed by atoms with Crippen molar-refractivity contribution < 1.29 is 23.5 Å². The SMILES string of the molecule is COc1cccc2c1OC1(C)CC2NC(=O)N1c1cccc(C(=O)N2CCN(c3ccccc3F)CC2)c1. The topological polar surface area (TPSA) is 74.3 Å². The van der Waals surface area contributed by atoms with Crippen molar-refractivity contribution in [3.05, 3.63) is 83.7 Å². The molecule has 38 heavy (non-hydrogen) atoms. The minimum atomic E-state index is -0.971. The van der Waals surface area contributed by atoms with Gasteiger partial charge in [0.2, 0.25) is 0 Å². The molecule has 0 spiro atoms. The molecule has 0 aromatic heterocycles. The van der Waals surface area contributed by atoms with Crippen molar-refractivity contribution >= 4 is 23.3 Å². The molecule has 2 atom stereocenters. The fraction of sp³-hybridized carbons (Fsp3) is 0.310. The summed E-state index contributed by atoms with van der Waals surface area (Å²) in [6.07, 6.45) is 0.537. The summed E-state index contributed by atoms with van der Waals surface area (Å²) in [5, 5.41) is 3.09. The third kappa shape index (κ3) is 3.98. The van der Waals surface area contributed by atoms with Crippen LogP contribution in [0.4, 0.5) is 20.6 Å². The molecule has 1 N–H and O–H groups in total. The summed E-state index contributed by atoms with van der Waals surface area (Å²) in [4.78, 5) is 32.1. The molecule has 3 aliphatic rings. The molecule has 3 heterocycles. The fourth-order valence-corrected chi connectivity index (χ4v) is 5.73. The Balaban J connectivity index is 1.23. The van der Waals surface area contributed by atoms with Gasteiger partial charge in [0.1, 0.15) is 5.82 Å². The van der Waals surface area contributed by atoms with Gasteiger partial charge < -0.3 is 24.6 Å². The molecule has 2 saturated heterocycles. The molecule has 2 bridgehead atoms. The Morgan fingerprint density at radius 2 is 1.82 bits per heavy atom. The predicted molar refractivity (Wildman–Crippen MR) is 141 cm³/mol. The van der Waals surface area contributed by atoms with Crippen molar-refractivity contribution in [1.82, 2.24) is 10.2 Å². The summed E-state index contributed by atoms with van der Waals surface area (Å²) < 4.78 is 26.2. The van der Waals surface area contributed by atoms with Crippen LogP contribution in [0.1, 0.15) is 35.3 Å². The number of hydrogen-bond donors (Lipinski definition) is 1. The lowest BCUT2D eigenvalue weighted by Gasteiger charge is -2.50. The van der Waals surface area contributed by atoms with E-state index in [1.807, 2.05) is 36.1 Å². The van der Waals surface area contributed by atoms with Crippen LogP contribution in [-0.2, 0) is 0 Å². The Morgan fingerprint density at radius 1 is 1.05 bits per heavy atom. The van der Waals surface area contributed by atoms with E-state index in [2.05, 4.69) is 5.32 Å². The Morgan fingerprint density at radius 3 is 2.58 bits per heavy atom.